The van der Waals surface area contributed by atoms with Crippen LogP contribution in [0.15, 0.2) is 0 Å². The molecule has 0 spiro atoms. The molecule has 2 N–H and O–H groups in total. The van der Waals surface area contributed by atoms with E-state index in [1.54, 1.807) is 0 Å². The quantitative estimate of drug-likeness (QED) is 0.835. The Hall–Kier alpha value is -0.160. The minimum absolute atomic E-state index is 0.0791. The topological polar surface area (TPSA) is 44.7 Å². The second kappa shape index (κ2) is 6.15. The molecule has 4 heteroatoms. The summed E-state index contributed by atoms with van der Waals surface area (Å²) in [5.74, 6) is 0. The van der Waals surface area contributed by atoms with Crippen LogP contribution in [0, 0.1) is 0 Å². The molecule has 0 aromatic rings. The Morgan fingerprint density at radius 3 is 2.33 bits per heavy atom. The molecule has 124 valence electrons. The number of likely N-dealkylation sites (N-methyl/N-ethyl adjacent to an activating group) is 1. The first kappa shape index (κ1) is 17.2. The Morgan fingerprint density at radius 2 is 1.81 bits per heavy atom. The van der Waals surface area contributed by atoms with Crippen molar-refractivity contribution in [1.82, 2.24) is 10.2 Å². The number of hydrogen-bond donors (Lipinski definition) is 2. The molecule has 1 aliphatic carbocycles. The molecule has 1 saturated heterocycles. The van der Waals surface area contributed by atoms with E-state index in [-0.39, 0.29) is 23.3 Å². The third-order valence-electron chi connectivity index (χ3n) is 4.91. The molecule has 21 heavy (non-hydrogen) atoms. The maximum Gasteiger partial charge on any atom is 0.0760 e. The van der Waals surface area contributed by atoms with Crippen LogP contribution in [-0.4, -0.2) is 59.0 Å². The predicted octanol–water partition coefficient (Wildman–Crippen LogP) is 2.16. The maximum atomic E-state index is 9.89. The molecule has 0 aromatic carbocycles. The fourth-order valence-electron chi connectivity index (χ4n) is 4.48. The Labute approximate surface area is 130 Å². The standard InChI is InChI=1S/C17H34N2O2/c1-6-18-17(13-20)9-7-8-14(10-17)19-11-15(2,3)21-16(4,5)12-19/h14,18,20H,6-13H2,1-5H3. The van der Waals surface area contributed by atoms with E-state index >= 15 is 0 Å². The molecule has 0 aromatic heterocycles. The Morgan fingerprint density at radius 1 is 1.19 bits per heavy atom. The second-order valence-corrected chi connectivity index (χ2v) is 8.25. The number of hydrogen-bond acceptors (Lipinski definition) is 4. The van der Waals surface area contributed by atoms with Gasteiger partial charge in [-0.2, -0.15) is 0 Å². The molecule has 2 atom stereocenters. The fraction of sp³-hybridized carbons (Fsp3) is 1.00. The van der Waals surface area contributed by atoms with Crippen LogP contribution in [0.5, 0.6) is 0 Å². The van der Waals surface area contributed by atoms with Crippen molar-refractivity contribution in [3.63, 3.8) is 0 Å². The summed E-state index contributed by atoms with van der Waals surface area (Å²) in [6.07, 6.45) is 4.56. The van der Waals surface area contributed by atoms with Gasteiger partial charge < -0.3 is 15.2 Å². The Balaban J connectivity index is 2.10. The maximum absolute atomic E-state index is 9.89. The van der Waals surface area contributed by atoms with Crippen LogP contribution in [-0.2, 0) is 4.74 Å². The number of nitrogens with one attached hydrogen (secondary N) is 1. The van der Waals surface area contributed by atoms with Gasteiger partial charge in [-0.1, -0.05) is 6.92 Å². The van der Waals surface area contributed by atoms with Crippen molar-refractivity contribution in [3.8, 4) is 0 Å². The summed E-state index contributed by atoms with van der Waals surface area (Å²) in [5.41, 5.74) is -0.275. The van der Waals surface area contributed by atoms with Crippen LogP contribution >= 0.6 is 0 Å². The first-order chi connectivity index (χ1) is 9.71. The molecule has 2 fully saturated rings. The van der Waals surface area contributed by atoms with Gasteiger partial charge in [0.05, 0.1) is 17.8 Å². The van der Waals surface area contributed by atoms with Gasteiger partial charge >= 0.3 is 0 Å². The second-order valence-electron chi connectivity index (χ2n) is 8.25. The summed E-state index contributed by atoms with van der Waals surface area (Å²) in [4.78, 5) is 2.60. The average molecular weight is 298 g/mol. The highest BCUT2D eigenvalue weighted by atomic mass is 16.5. The summed E-state index contributed by atoms with van der Waals surface area (Å²) in [5, 5.41) is 13.4. The van der Waals surface area contributed by atoms with E-state index < -0.39 is 0 Å². The lowest BCUT2D eigenvalue weighted by Crippen LogP contribution is -2.63. The van der Waals surface area contributed by atoms with Crippen LogP contribution in [0.4, 0.5) is 0 Å². The van der Waals surface area contributed by atoms with Crippen molar-refractivity contribution in [3.05, 3.63) is 0 Å². The highest BCUT2D eigenvalue weighted by Crippen LogP contribution is 2.36. The molecule has 0 amide bonds. The SMILES string of the molecule is CCNC1(CO)CCCC(N2CC(C)(C)OC(C)(C)C2)C1. The third-order valence-corrected chi connectivity index (χ3v) is 4.91. The minimum Gasteiger partial charge on any atom is -0.394 e. The third kappa shape index (κ3) is 4.19. The lowest BCUT2D eigenvalue weighted by molar-refractivity contribution is -0.191. The van der Waals surface area contributed by atoms with Gasteiger partial charge in [-0.15, -0.1) is 0 Å². The van der Waals surface area contributed by atoms with Crippen molar-refractivity contribution in [2.75, 3.05) is 26.2 Å². The summed E-state index contributed by atoms with van der Waals surface area (Å²) in [7, 11) is 0. The summed E-state index contributed by atoms with van der Waals surface area (Å²) in [6, 6.07) is 0.549. The van der Waals surface area contributed by atoms with Crippen LogP contribution < -0.4 is 5.32 Å². The molecule has 2 rings (SSSR count). The van der Waals surface area contributed by atoms with Gasteiger partial charge in [-0.05, 0) is 59.9 Å². The predicted molar refractivity (Wildman–Crippen MR) is 86.6 cm³/mol. The van der Waals surface area contributed by atoms with E-state index in [9.17, 15) is 5.11 Å². The average Bonchev–Trinajstić information content (AvgIpc) is 2.36. The lowest BCUT2D eigenvalue weighted by atomic mass is 9.78. The van der Waals surface area contributed by atoms with E-state index in [1.165, 1.54) is 12.8 Å². The first-order valence-corrected chi connectivity index (χ1v) is 8.51. The van der Waals surface area contributed by atoms with Gasteiger partial charge in [-0.3, -0.25) is 4.90 Å². The van der Waals surface area contributed by atoms with Gasteiger partial charge in [0.15, 0.2) is 0 Å². The molecule has 0 bridgehead atoms. The number of aliphatic hydroxyl groups is 1. The molecular formula is C17H34N2O2. The smallest absolute Gasteiger partial charge is 0.0760 e. The number of aliphatic hydroxyl groups excluding tert-OH is 1. The van der Waals surface area contributed by atoms with Gasteiger partial charge in [-0.25, -0.2) is 0 Å². The highest BCUT2D eigenvalue weighted by molar-refractivity contribution is 4.99. The largest absolute Gasteiger partial charge is 0.394 e. The molecule has 1 aliphatic heterocycles. The summed E-state index contributed by atoms with van der Waals surface area (Å²) < 4.78 is 6.20. The minimum atomic E-state index is -0.0980. The zero-order valence-electron chi connectivity index (χ0n) is 14.5. The molecule has 0 radical (unpaired) electrons. The van der Waals surface area contributed by atoms with E-state index in [2.05, 4.69) is 44.8 Å². The van der Waals surface area contributed by atoms with E-state index in [0.29, 0.717) is 6.04 Å². The summed E-state index contributed by atoms with van der Waals surface area (Å²) in [6.45, 7) is 14.0. The zero-order chi connectivity index (χ0) is 15.7. The van der Waals surface area contributed by atoms with E-state index in [4.69, 9.17) is 4.74 Å². The molecule has 1 saturated carbocycles. The van der Waals surface area contributed by atoms with Gasteiger partial charge in [0, 0.05) is 24.7 Å². The van der Waals surface area contributed by atoms with Crippen molar-refractivity contribution in [2.24, 2.45) is 0 Å². The van der Waals surface area contributed by atoms with Gasteiger partial charge in [0.2, 0.25) is 0 Å². The Bertz CT molecular complexity index is 337. The van der Waals surface area contributed by atoms with Crippen LogP contribution in [0.3, 0.4) is 0 Å². The molecule has 2 aliphatic rings. The van der Waals surface area contributed by atoms with Gasteiger partial charge in [0.25, 0.3) is 0 Å². The van der Waals surface area contributed by atoms with Crippen LogP contribution in [0.1, 0.15) is 60.3 Å². The van der Waals surface area contributed by atoms with Crippen molar-refractivity contribution < 1.29 is 9.84 Å². The van der Waals surface area contributed by atoms with Crippen molar-refractivity contribution >= 4 is 0 Å². The van der Waals surface area contributed by atoms with Crippen molar-refractivity contribution in [1.29, 1.82) is 0 Å². The number of rotatable bonds is 4. The molecular weight excluding hydrogens is 264 g/mol. The highest BCUT2D eigenvalue weighted by Gasteiger charge is 2.44. The Kier molecular flexibility index (Phi) is 5.04. The number of morpholine rings is 1. The lowest BCUT2D eigenvalue weighted by Gasteiger charge is -2.52. The van der Waals surface area contributed by atoms with E-state index in [1.807, 2.05) is 0 Å². The molecule has 4 nitrogen and oxygen atoms in total. The number of ether oxygens (including phenoxy) is 1. The molecule has 2 unspecified atom stereocenters. The molecule has 1 heterocycles. The van der Waals surface area contributed by atoms with Gasteiger partial charge in [0.1, 0.15) is 0 Å². The monoisotopic (exact) mass is 298 g/mol. The van der Waals surface area contributed by atoms with Crippen LogP contribution in [0.2, 0.25) is 0 Å². The fourth-order valence-corrected chi connectivity index (χ4v) is 4.48. The zero-order valence-corrected chi connectivity index (χ0v) is 14.5. The number of nitrogens with zero attached hydrogens (tertiary/aromatic N) is 1. The summed E-state index contributed by atoms with van der Waals surface area (Å²) >= 11 is 0. The van der Waals surface area contributed by atoms with Crippen molar-refractivity contribution in [2.45, 2.75) is 83.1 Å². The van der Waals surface area contributed by atoms with E-state index in [0.717, 1.165) is 32.5 Å². The first-order valence-electron chi connectivity index (χ1n) is 8.51. The van der Waals surface area contributed by atoms with Crippen LogP contribution in [0.25, 0.3) is 0 Å². The normalized spacial score (nSPS) is 36.6.